The van der Waals surface area contributed by atoms with Crippen molar-refractivity contribution < 1.29 is 18.7 Å². The number of fused-ring (bicyclic) bond motifs is 1. The van der Waals surface area contributed by atoms with E-state index in [0.29, 0.717) is 17.9 Å². The van der Waals surface area contributed by atoms with Gasteiger partial charge in [-0.05, 0) is 74.8 Å². The molecule has 2 heterocycles. The summed E-state index contributed by atoms with van der Waals surface area (Å²) in [5, 5.41) is 2.74. The van der Waals surface area contributed by atoms with E-state index in [2.05, 4.69) is 15.2 Å². The minimum absolute atomic E-state index is 0.0142. The highest BCUT2D eigenvalue weighted by molar-refractivity contribution is 7.16. The molecule has 0 saturated carbocycles. The third-order valence-corrected chi connectivity index (χ3v) is 6.31. The molecule has 8 heteroatoms. The molecule has 6 nitrogen and oxygen atoms in total. The van der Waals surface area contributed by atoms with Crippen molar-refractivity contribution in [2.24, 2.45) is 5.92 Å². The van der Waals surface area contributed by atoms with E-state index in [1.807, 2.05) is 12.1 Å². The number of nitrogens with one attached hydrogen (secondary N) is 1. The Morgan fingerprint density at radius 3 is 2.71 bits per heavy atom. The first-order valence-corrected chi connectivity index (χ1v) is 11.3. The second-order valence-electron chi connectivity index (χ2n) is 7.64. The highest BCUT2D eigenvalue weighted by Crippen LogP contribution is 2.23. The smallest absolute Gasteiger partial charge is 0.411 e. The number of hydrogen-bond acceptors (Lipinski definition) is 6. The van der Waals surface area contributed by atoms with Crippen molar-refractivity contribution >= 4 is 39.1 Å². The highest BCUT2D eigenvalue weighted by atomic mass is 32.1. The number of carbonyl (C=O) groups is 2. The Hall–Kier alpha value is -2.84. The lowest BCUT2D eigenvalue weighted by Gasteiger charge is -2.31. The normalized spacial score (nSPS) is 15.1. The third-order valence-electron chi connectivity index (χ3n) is 5.52. The highest BCUT2D eigenvalue weighted by Gasteiger charge is 2.25. The van der Waals surface area contributed by atoms with E-state index < -0.39 is 6.09 Å². The van der Waals surface area contributed by atoms with Crippen molar-refractivity contribution in [2.75, 3.05) is 31.6 Å². The molecule has 4 rings (SSSR count). The number of ketones is 1. The first-order valence-electron chi connectivity index (χ1n) is 10.4. The van der Waals surface area contributed by atoms with Crippen LogP contribution in [0.4, 0.5) is 14.9 Å². The SMILES string of the molecule is O=C(Nc1ccc2ncsc2c1)OCCCN1CCC(C(=O)c2ccc(F)cc2)CC1. The number of nitrogens with zero attached hydrogens (tertiary/aromatic N) is 2. The van der Waals surface area contributed by atoms with Crippen LogP contribution in [-0.2, 0) is 4.74 Å². The van der Waals surface area contributed by atoms with Crippen molar-refractivity contribution in [1.29, 1.82) is 0 Å². The number of benzene rings is 2. The summed E-state index contributed by atoms with van der Waals surface area (Å²) in [4.78, 5) is 31.0. The predicted octanol–water partition coefficient (Wildman–Crippen LogP) is 4.97. The van der Waals surface area contributed by atoms with E-state index in [4.69, 9.17) is 4.74 Å². The number of rotatable bonds is 7. The van der Waals surface area contributed by atoms with Crippen LogP contribution in [-0.4, -0.2) is 48.0 Å². The Balaban J connectivity index is 1.13. The quantitative estimate of drug-likeness (QED) is 0.414. The fourth-order valence-electron chi connectivity index (χ4n) is 3.81. The standard InChI is InChI=1S/C23H24FN3O3S/c24-18-4-2-16(3-5-18)22(28)17-8-11-27(12-9-17)10-1-13-30-23(29)26-19-6-7-20-21(14-19)31-15-25-20/h2-7,14-15,17H,1,8-13H2,(H,26,29). The van der Waals surface area contributed by atoms with Gasteiger partial charge in [0.15, 0.2) is 5.78 Å². The van der Waals surface area contributed by atoms with Crippen molar-refractivity contribution in [3.8, 4) is 0 Å². The van der Waals surface area contributed by atoms with Crippen LogP contribution < -0.4 is 5.32 Å². The minimum Gasteiger partial charge on any atom is -0.449 e. The molecule has 0 bridgehead atoms. The molecule has 3 aromatic rings. The second kappa shape index (κ2) is 9.98. The molecule has 1 saturated heterocycles. The summed E-state index contributed by atoms with van der Waals surface area (Å²) in [6.07, 6.45) is 1.85. The molecule has 0 radical (unpaired) electrons. The van der Waals surface area contributed by atoms with Gasteiger partial charge in [0.25, 0.3) is 0 Å². The first kappa shape index (κ1) is 21.4. The maximum atomic E-state index is 13.0. The zero-order valence-corrected chi connectivity index (χ0v) is 17.9. The summed E-state index contributed by atoms with van der Waals surface area (Å²) in [5.41, 5.74) is 3.95. The molecular weight excluding hydrogens is 417 g/mol. The molecule has 2 aromatic carbocycles. The number of amides is 1. The van der Waals surface area contributed by atoms with Gasteiger partial charge >= 0.3 is 6.09 Å². The second-order valence-corrected chi connectivity index (χ2v) is 8.52. The number of anilines is 1. The number of likely N-dealkylation sites (tertiary alicyclic amines) is 1. The lowest BCUT2D eigenvalue weighted by Crippen LogP contribution is -2.37. The number of carbonyl (C=O) groups excluding carboxylic acids is 2. The molecule has 1 aromatic heterocycles. The van der Waals surface area contributed by atoms with Gasteiger partial charge < -0.3 is 9.64 Å². The summed E-state index contributed by atoms with van der Waals surface area (Å²) in [7, 11) is 0. The van der Waals surface area contributed by atoms with E-state index in [1.165, 1.54) is 23.5 Å². The van der Waals surface area contributed by atoms with Crippen molar-refractivity contribution in [3.63, 3.8) is 0 Å². The number of Topliss-reactive ketones (excluding diaryl/α,β-unsaturated/α-hetero) is 1. The number of aromatic nitrogens is 1. The van der Waals surface area contributed by atoms with Crippen LogP contribution in [0.1, 0.15) is 29.6 Å². The molecule has 1 N–H and O–H groups in total. The Morgan fingerprint density at radius 2 is 1.94 bits per heavy atom. The number of piperidine rings is 1. The van der Waals surface area contributed by atoms with Gasteiger partial charge in [0.1, 0.15) is 5.82 Å². The number of thiazole rings is 1. The van der Waals surface area contributed by atoms with E-state index in [9.17, 15) is 14.0 Å². The van der Waals surface area contributed by atoms with Gasteiger partial charge in [-0.15, -0.1) is 11.3 Å². The van der Waals surface area contributed by atoms with Gasteiger partial charge in [0.05, 0.1) is 22.3 Å². The van der Waals surface area contributed by atoms with Crippen LogP contribution in [0.15, 0.2) is 48.0 Å². The Bertz CT molecular complexity index is 1050. The molecule has 1 aliphatic rings. The largest absolute Gasteiger partial charge is 0.449 e. The predicted molar refractivity (Wildman–Crippen MR) is 119 cm³/mol. The van der Waals surface area contributed by atoms with Crippen LogP contribution in [0.3, 0.4) is 0 Å². The molecule has 0 unspecified atom stereocenters. The maximum absolute atomic E-state index is 13.0. The molecule has 162 valence electrons. The van der Waals surface area contributed by atoms with Crippen LogP contribution in [0.5, 0.6) is 0 Å². The third kappa shape index (κ3) is 5.65. The average Bonchev–Trinajstić information content (AvgIpc) is 3.25. The van der Waals surface area contributed by atoms with Crippen LogP contribution in [0, 0.1) is 11.7 Å². The first-order chi connectivity index (χ1) is 15.1. The van der Waals surface area contributed by atoms with Gasteiger partial charge in [-0.3, -0.25) is 10.1 Å². The summed E-state index contributed by atoms with van der Waals surface area (Å²) >= 11 is 1.52. The lowest BCUT2D eigenvalue weighted by molar-refractivity contribution is 0.0830. The van der Waals surface area contributed by atoms with Crippen molar-refractivity contribution in [1.82, 2.24) is 9.88 Å². The van der Waals surface area contributed by atoms with Crippen LogP contribution in [0.25, 0.3) is 10.2 Å². The Kier molecular flexibility index (Phi) is 6.89. The van der Waals surface area contributed by atoms with Gasteiger partial charge in [-0.2, -0.15) is 0 Å². The fraction of sp³-hybridized carbons (Fsp3) is 0.348. The minimum atomic E-state index is -0.465. The summed E-state index contributed by atoms with van der Waals surface area (Å²) in [6, 6.07) is 11.3. The zero-order valence-electron chi connectivity index (χ0n) is 17.1. The lowest BCUT2D eigenvalue weighted by atomic mass is 9.89. The molecule has 31 heavy (non-hydrogen) atoms. The van der Waals surface area contributed by atoms with Crippen molar-refractivity contribution in [2.45, 2.75) is 19.3 Å². The summed E-state index contributed by atoms with van der Waals surface area (Å²) in [5.74, 6) is -0.251. The van der Waals surface area contributed by atoms with E-state index in [0.717, 1.165) is 49.1 Å². The molecule has 0 atom stereocenters. The van der Waals surface area contributed by atoms with Gasteiger partial charge in [0, 0.05) is 23.7 Å². The monoisotopic (exact) mass is 441 g/mol. The Morgan fingerprint density at radius 1 is 1.16 bits per heavy atom. The zero-order chi connectivity index (χ0) is 21.6. The van der Waals surface area contributed by atoms with E-state index >= 15 is 0 Å². The van der Waals surface area contributed by atoms with E-state index in [1.54, 1.807) is 23.7 Å². The maximum Gasteiger partial charge on any atom is 0.411 e. The van der Waals surface area contributed by atoms with E-state index in [-0.39, 0.29) is 17.5 Å². The van der Waals surface area contributed by atoms with Crippen molar-refractivity contribution in [3.05, 3.63) is 59.4 Å². The number of hydrogen-bond donors (Lipinski definition) is 1. The molecular formula is C23H24FN3O3S. The van der Waals surface area contributed by atoms with Gasteiger partial charge in [0.2, 0.25) is 0 Å². The average molecular weight is 442 g/mol. The summed E-state index contributed by atoms with van der Waals surface area (Å²) in [6.45, 7) is 2.82. The molecule has 1 fully saturated rings. The number of halogens is 1. The summed E-state index contributed by atoms with van der Waals surface area (Å²) < 4.78 is 19.3. The number of ether oxygens (including phenoxy) is 1. The topological polar surface area (TPSA) is 71.5 Å². The van der Waals surface area contributed by atoms with Gasteiger partial charge in [-0.25, -0.2) is 14.2 Å². The molecule has 0 aliphatic carbocycles. The fourth-order valence-corrected chi connectivity index (χ4v) is 4.52. The van der Waals surface area contributed by atoms with Gasteiger partial charge in [-0.1, -0.05) is 0 Å². The molecule has 0 spiro atoms. The van der Waals surface area contributed by atoms with Crippen LogP contribution >= 0.6 is 11.3 Å². The molecule has 1 aliphatic heterocycles. The molecule has 1 amide bonds. The van der Waals surface area contributed by atoms with Crippen LogP contribution in [0.2, 0.25) is 0 Å². The Labute approximate surface area is 184 Å².